The van der Waals surface area contributed by atoms with Crippen molar-refractivity contribution >= 4 is 56.2 Å². The highest BCUT2D eigenvalue weighted by atomic mass is 79.9. The van der Waals surface area contributed by atoms with Gasteiger partial charge in [0.1, 0.15) is 10.5 Å². The van der Waals surface area contributed by atoms with Crippen LogP contribution in [0.25, 0.3) is 10.9 Å². The second-order valence-corrected chi connectivity index (χ2v) is 9.40. The molecule has 2 aliphatic heterocycles. The topological polar surface area (TPSA) is 106 Å². The number of aromatic nitrogens is 1. The molecule has 1 aromatic carbocycles. The fourth-order valence-electron chi connectivity index (χ4n) is 4.58. The van der Waals surface area contributed by atoms with Crippen LogP contribution >= 0.6 is 27.7 Å². The molecule has 2 N–H and O–H groups in total. The summed E-state index contributed by atoms with van der Waals surface area (Å²) in [6.45, 7) is 1.89. The van der Waals surface area contributed by atoms with Gasteiger partial charge in [-0.05, 0) is 53.6 Å². The number of pyridine rings is 1. The largest absolute Gasteiger partial charge is 0.465 e. The van der Waals surface area contributed by atoms with E-state index in [4.69, 9.17) is 5.26 Å². The molecule has 3 aliphatic rings. The van der Waals surface area contributed by atoms with Gasteiger partial charge in [0, 0.05) is 24.3 Å². The number of nitriles is 1. The number of carboxylic acid groups (broad SMARTS) is 1. The quantitative estimate of drug-likeness (QED) is 0.432. The molecular formula is C21H20BrFN4O3S. The molecule has 3 atom stereocenters. The molecule has 0 radical (unpaired) electrons. The van der Waals surface area contributed by atoms with Crippen LogP contribution in [0.5, 0.6) is 0 Å². The molecule has 1 saturated carbocycles. The SMILES string of the molecule is CSc1nc2c(F)c(Br)c(CCC#N)cc2c(N[C@H]2[C@@H]3C[C@H]2N(C(=O)O)C3)c1C(C)=O. The monoisotopic (exact) mass is 506 g/mol. The molecule has 2 saturated heterocycles. The zero-order chi connectivity index (χ0) is 22.4. The number of carbonyl (C=O) groups excluding carboxylic acids is 1. The van der Waals surface area contributed by atoms with Crippen molar-refractivity contribution in [1.29, 1.82) is 5.26 Å². The molecule has 31 heavy (non-hydrogen) atoms. The molecule has 0 unspecified atom stereocenters. The number of halogens is 2. The highest BCUT2D eigenvalue weighted by Crippen LogP contribution is 2.45. The van der Waals surface area contributed by atoms with Crippen LogP contribution in [-0.2, 0) is 6.42 Å². The van der Waals surface area contributed by atoms with Crippen LogP contribution in [0.4, 0.5) is 14.9 Å². The number of Topliss-reactive ketones (excluding diaryl/α,β-unsaturated/α-hetero) is 1. The third-order valence-electron chi connectivity index (χ3n) is 6.11. The number of fused-ring (bicyclic) bond motifs is 2. The average molecular weight is 507 g/mol. The number of aryl methyl sites for hydroxylation is 1. The summed E-state index contributed by atoms with van der Waals surface area (Å²) >= 11 is 4.55. The first kappa shape index (κ1) is 21.8. The van der Waals surface area contributed by atoms with E-state index in [1.165, 1.54) is 23.6 Å². The van der Waals surface area contributed by atoms with Crippen LogP contribution in [0.15, 0.2) is 15.6 Å². The third kappa shape index (κ3) is 3.53. The Bertz CT molecular complexity index is 1150. The Morgan fingerprint density at radius 1 is 1.52 bits per heavy atom. The van der Waals surface area contributed by atoms with E-state index in [0.29, 0.717) is 40.2 Å². The molecule has 3 heterocycles. The van der Waals surface area contributed by atoms with Gasteiger partial charge in [0.25, 0.3) is 0 Å². The number of nitrogens with zero attached hydrogens (tertiary/aromatic N) is 3. The van der Waals surface area contributed by atoms with Gasteiger partial charge < -0.3 is 15.3 Å². The van der Waals surface area contributed by atoms with E-state index in [9.17, 15) is 14.7 Å². The molecule has 162 valence electrons. The van der Waals surface area contributed by atoms with E-state index < -0.39 is 11.9 Å². The first-order valence-electron chi connectivity index (χ1n) is 9.81. The van der Waals surface area contributed by atoms with E-state index in [0.717, 1.165) is 6.42 Å². The third-order valence-corrected chi connectivity index (χ3v) is 7.65. The summed E-state index contributed by atoms with van der Waals surface area (Å²) in [6.07, 6.45) is 2.16. The van der Waals surface area contributed by atoms with Gasteiger partial charge in [-0.2, -0.15) is 5.26 Å². The van der Waals surface area contributed by atoms with Gasteiger partial charge in [0.2, 0.25) is 0 Å². The Morgan fingerprint density at radius 3 is 2.84 bits per heavy atom. The highest BCUT2D eigenvalue weighted by molar-refractivity contribution is 9.10. The van der Waals surface area contributed by atoms with Gasteiger partial charge in [-0.1, -0.05) is 0 Å². The lowest BCUT2D eigenvalue weighted by Crippen LogP contribution is -2.49. The molecule has 5 rings (SSSR count). The lowest BCUT2D eigenvalue weighted by atomic mass is 9.79. The van der Waals surface area contributed by atoms with E-state index in [1.807, 2.05) is 0 Å². The summed E-state index contributed by atoms with van der Waals surface area (Å²) in [7, 11) is 0. The fraction of sp³-hybridized carbons (Fsp3) is 0.429. The maximum absolute atomic E-state index is 15.3. The summed E-state index contributed by atoms with van der Waals surface area (Å²) in [5.41, 5.74) is 1.61. The number of hydrogen-bond donors (Lipinski definition) is 2. The van der Waals surface area contributed by atoms with Crippen molar-refractivity contribution in [3.8, 4) is 6.07 Å². The van der Waals surface area contributed by atoms with Gasteiger partial charge in [-0.25, -0.2) is 14.2 Å². The Hall–Kier alpha value is -2.38. The van der Waals surface area contributed by atoms with Crippen LogP contribution in [-0.4, -0.2) is 51.8 Å². The number of thioether (sulfide) groups is 1. The molecule has 10 heteroatoms. The van der Waals surface area contributed by atoms with E-state index in [2.05, 4.69) is 32.3 Å². The molecule has 7 nitrogen and oxygen atoms in total. The minimum atomic E-state index is -0.957. The lowest BCUT2D eigenvalue weighted by Gasteiger charge is -2.37. The Balaban J connectivity index is 1.89. The molecule has 1 aromatic heterocycles. The Kier molecular flexibility index (Phi) is 5.83. The molecule has 2 bridgehead atoms. The van der Waals surface area contributed by atoms with Crippen molar-refractivity contribution in [2.75, 3.05) is 18.1 Å². The summed E-state index contributed by atoms with van der Waals surface area (Å²) in [5, 5.41) is 22.7. The standard InChI is InChI=1S/C21H20BrFN4O3S/c1-9(28)14-18(25-17-11-7-13(17)27(8-11)21(29)30)12-6-10(4-3-5-24)15(22)16(23)19(12)26-20(14)31-2/h6,11,13,17H,3-4,7-8H2,1-2H3,(H,25,26)(H,29,30)/t11-,13-,17+/m1/s1. The minimum absolute atomic E-state index is 0.131. The van der Waals surface area contributed by atoms with Gasteiger partial charge in [-0.15, -0.1) is 11.8 Å². The first-order valence-corrected chi connectivity index (χ1v) is 11.8. The predicted octanol–water partition coefficient (Wildman–Crippen LogP) is 4.68. The van der Waals surface area contributed by atoms with Crippen LogP contribution in [0.1, 0.15) is 35.7 Å². The van der Waals surface area contributed by atoms with Crippen molar-refractivity contribution < 1.29 is 19.1 Å². The van der Waals surface area contributed by atoms with Gasteiger partial charge >= 0.3 is 6.09 Å². The Morgan fingerprint density at radius 2 is 2.26 bits per heavy atom. The number of carbonyl (C=O) groups is 2. The second-order valence-electron chi connectivity index (χ2n) is 7.81. The van der Waals surface area contributed by atoms with Crippen molar-refractivity contribution in [2.45, 2.75) is 43.3 Å². The van der Waals surface area contributed by atoms with Gasteiger partial charge in [0.15, 0.2) is 11.6 Å². The summed E-state index contributed by atoms with van der Waals surface area (Å²) in [4.78, 5) is 29.9. The predicted molar refractivity (Wildman–Crippen MR) is 119 cm³/mol. The molecule has 1 amide bonds. The van der Waals surface area contributed by atoms with Crippen molar-refractivity contribution in [1.82, 2.24) is 9.88 Å². The number of ketones is 1. The number of nitrogens with one attached hydrogen (secondary N) is 1. The second kappa shape index (κ2) is 8.28. The maximum Gasteiger partial charge on any atom is 0.407 e. The van der Waals surface area contributed by atoms with Crippen molar-refractivity contribution in [3.63, 3.8) is 0 Å². The van der Waals surface area contributed by atoms with E-state index in [-0.39, 0.29) is 40.2 Å². The first-order chi connectivity index (χ1) is 14.8. The van der Waals surface area contributed by atoms with Crippen molar-refractivity contribution in [3.05, 3.63) is 27.5 Å². The zero-order valence-electron chi connectivity index (χ0n) is 16.9. The zero-order valence-corrected chi connectivity index (χ0v) is 19.3. The fourth-order valence-corrected chi connectivity index (χ4v) is 5.72. The van der Waals surface area contributed by atoms with Crippen LogP contribution < -0.4 is 5.32 Å². The van der Waals surface area contributed by atoms with E-state index >= 15 is 4.39 Å². The lowest BCUT2D eigenvalue weighted by molar-refractivity contribution is 0.101. The number of rotatable bonds is 6. The normalized spacial score (nSPS) is 21.6. The van der Waals surface area contributed by atoms with Gasteiger partial charge in [0.05, 0.1) is 33.9 Å². The molecule has 0 spiro atoms. The minimum Gasteiger partial charge on any atom is -0.465 e. The highest BCUT2D eigenvalue weighted by Gasteiger charge is 2.54. The summed E-state index contributed by atoms with van der Waals surface area (Å²) < 4.78 is 15.5. The summed E-state index contributed by atoms with van der Waals surface area (Å²) in [5.74, 6) is -0.604. The van der Waals surface area contributed by atoms with Crippen LogP contribution in [0.2, 0.25) is 0 Å². The molecule has 3 fully saturated rings. The smallest absolute Gasteiger partial charge is 0.407 e. The summed E-state index contributed by atoms with van der Waals surface area (Å²) in [6, 6.07) is 3.50. The molecular weight excluding hydrogens is 487 g/mol. The Labute approximate surface area is 191 Å². The number of hydrogen-bond acceptors (Lipinski definition) is 6. The number of amides is 1. The van der Waals surface area contributed by atoms with Crippen molar-refractivity contribution in [2.24, 2.45) is 5.92 Å². The molecule has 1 aliphatic carbocycles. The average Bonchev–Trinajstić information content (AvgIpc) is 3.33. The van der Waals surface area contributed by atoms with E-state index in [1.54, 1.807) is 12.3 Å². The van der Waals surface area contributed by atoms with Crippen LogP contribution in [0.3, 0.4) is 0 Å². The molecule has 2 aromatic rings. The van der Waals surface area contributed by atoms with Crippen LogP contribution in [0, 0.1) is 23.1 Å². The number of benzene rings is 1. The van der Waals surface area contributed by atoms with Gasteiger partial charge in [-0.3, -0.25) is 4.79 Å². The number of anilines is 1. The maximum atomic E-state index is 15.3.